The minimum absolute atomic E-state index is 0. The van der Waals surface area contributed by atoms with Gasteiger partial charge in [-0.3, -0.25) is 14.9 Å². The summed E-state index contributed by atoms with van der Waals surface area (Å²) in [6, 6.07) is 4.40. The van der Waals surface area contributed by atoms with Gasteiger partial charge in [-0.25, -0.2) is 4.39 Å². The fourth-order valence-electron chi connectivity index (χ4n) is 1.78. The van der Waals surface area contributed by atoms with Crippen molar-refractivity contribution >= 4 is 17.5 Å². The summed E-state index contributed by atoms with van der Waals surface area (Å²) in [7, 11) is 0. The number of imide groups is 1. The Bertz CT molecular complexity index is 505. The predicted octanol–water partition coefficient (Wildman–Crippen LogP) is 3.71. The first-order valence-corrected chi connectivity index (χ1v) is 6.84. The van der Waals surface area contributed by atoms with E-state index in [1.807, 2.05) is 0 Å². The SMILES string of the molecule is CCC.Cc1cccc(NC2CCC(=O)NC2=O)c1F.[CH3-].[HH].[HH].[Y]. The summed E-state index contributed by atoms with van der Waals surface area (Å²) in [4.78, 5) is 22.4. The van der Waals surface area contributed by atoms with Gasteiger partial charge in [0.2, 0.25) is 11.8 Å². The molecule has 1 radical (unpaired) electrons. The zero-order chi connectivity index (χ0) is 15.1. The Kier molecular flexibility index (Phi) is 12.5. The molecule has 0 aromatic heterocycles. The van der Waals surface area contributed by atoms with E-state index < -0.39 is 11.9 Å². The molecule has 0 spiro atoms. The molecule has 6 heteroatoms. The molecule has 1 fully saturated rings. The van der Waals surface area contributed by atoms with Crippen LogP contribution in [0, 0.1) is 20.2 Å². The third-order valence-corrected chi connectivity index (χ3v) is 2.76. The third-order valence-electron chi connectivity index (χ3n) is 2.76. The van der Waals surface area contributed by atoms with E-state index >= 15 is 0 Å². The molecule has 1 saturated heterocycles. The molecular weight excluding hydrogens is 360 g/mol. The molecule has 22 heavy (non-hydrogen) atoms. The van der Waals surface area contributed by atoms with Crippen LogP contribution in [0.15, 0.2) is 18.2 Å². The van der Waals surface area contributed by atoms with Crippen molar-refractivity contribution in [3.63, 3.8) is 0 Å². The van der Waals surface area contributed by atoms with E-state index in [2.05, 4.69) is 24.5 Å². The molecule has 1 aliphatic heterocycles. The molecule has 1 unspecified atom stereocenters. The first-order chi connectivity index (χ1) is 9.49. The number of hydrogen-bond acceptors (Lipinski definition) is 3. The van der Waals surface area contributed by atoms with Gasteiger partial charge in [-0.15, -0.1) is 0 Å². The molecule has 1 heterocycles. The van der Waals surface area contributed by atoms with Crippen LogP contribution in [-0.4, -0.2) is 17.9 Å². The molecule has 0 saturated carbocycles. The molecule has 2 amide bonds. The largest absolute Gasteiger partial charge is 0.371 e. The Hall–Kier alpha value is -0.806. The Morgan fingerprint density at radius 2 is 1.95 bits per heavy atom. The van der Waals surface area contributed by atoms with Crippen LogP contribution in [0.5, 0.6) is 0 Å². The first-order valence-electron chi connectivity index (χ1n) is 6.84. The van der Waals surface area contributed by atoms with Gasteiger partial charge >= 0.3 is 0 Å². The molecule has 1 atom stereocenters. The minimum atomic E-state index is -0.552. The summed E-state index contributed by atoms with van der Waals surface area (Å²) >= 11 is 0. The number of carbonyl (C=O) groups is 2. The van der Waals surface area contributed by atoms with Crippen LogP contribution in [-0.2, 0) is 42.3 Å². The Morgan fingerprint density at radius 3 is 2.50 bits per heavy atom. The molecule has 2 rings (SSSR count). The summed E-state index contributed by atoms with van der Waals surface area (Å²) in [6.07, 6.45) is 1.91. The van der Waals surface area contributed by atoms with Crippen LogP contribution in [0.1, 0.15) is 41.5 Å². The Labute approximate surface area is 160 Å². The van der Waals surface area contributed by atoms with Gasteiger partial charge in [-0.1, -0.05) is 32.4 Å². The summed E-state index contributed by atoms with van der Waals surface area (Å²) in [5, 5.41) is 5.04. The second-order valence-electron chi connectivity index (χ2n) is 4.79. The number of rotatable bonds is 2. The number of halogens is 1. The topological polar surface area (TPSA) is 58.2 Å². The molecule has 0 aliphatic carbocycles. The fourth-order valence-corrected chi connectivity index (χ4v) is 1.78. The number of piperidine rings is 1. The van der Waals surface area contributed by atoms with Crippen molar-refractivity contribution in [3.8, 4) is 0 Å². The van der Waals surface area contributed by atoms with Crippen LogP contribution in [0.4, 0.5) is 10.1 Å². The van der Waals surface area contributed by atoms with Gasteiger partial charge in [0.1, 0.15) is 11.9 Å². The zero-order valence-corrected chi connectivity index (χ0v) is 16.5. The van der Waals surface area contributed by atoms with E-state index in [0.29, 0.717) is 17.7 Å². The monoisotopic (exact) mass is 388 g/mol. The van der Waals surface area contributed by atoms with Crippen molar-refractivity contribution in [3.05, 3.63) is 37.0 Å². The van der Waals surface area contributed by atoms with E-state index in [-0.39, 0.29) is 61.1 Å². The summed E-state index contributed by atoms with van der Waals surface area (Å²) in [6.45, 7) is 5.91. The van der Waals surface area contributed by atoms with Gasteiger partial charge in [-0.05, 0) is 25.0 Å². The van der Waals surface area contributed by atoms with Gasteiger partial charge in [0.05, 0.1) is 5.69 Å². The van der Waals surface area contributed by atoms with E-state index in [1.54, 1.807) is 25.1 Å². The van der Waals surface area contributed by atoms with E-state index in [1.165, 1.54) is 6.42 Å². The normalized spacial score (nSPS) is 16.3. The van der Waals surface area contributed by atoms with Crippen molar-refractivity contribution in [2.45, 2.75) is 46.1 Å². The molecule has 2 N–H and O–H groups in total. The van der Waals surface area contributed by atoms with E-state index in [4.69, 9.17) is 0 Å². The van der Waals surface area contributed by atoms with Gasteiger partial charge in [-0.2, -0.15) is 0 Å². The van der Waals surface area contributed by atoms with Crippen molar-refractivity contribution < 1.29 is 49.5 Å². The molecule has 1 aromatic rings. The molecular formula is C16H28FN2O2Y-. The molecule has 4 nitrogen and oxygen atoms in total. The van der Waals surface area contributed by atoms with Gasteiger partial charge in [0.15, 0.2) is 0 Å². The average Bonchev–Trinajstić information content (AvgIpc) is 2.39. The van der Waals surface area contributed by atoms with Crippen LogP contribution >= 0.6 is 0 Å². The number of carbonyl (C=O) groups excluding carboxylic acids is 2. The summed E-state index contributed by atoms with van der Waals surface area (Å²) in [5.41, 5.74) is 0.807. The predicted molar refractivity (Wildman–Crippen MR) is 87.5 cm³/mol. The molecule has 1 aliphatic rings. The molecule has 125 valence electrons. The van der Waals surface area contributed by atoms with Crippen LogP contribution < -0.4 is 10.6 Å². The number of aryl methyl sites for hydroxylation is 1. The summed E-state index contributed by atoms with van der Waals surface area (Å²) in [5.74, 6) is -1.04. The second kappa shape index (κ2) is 11.7. The molecule has 0 bridgehead atoms. The van der Waals surface area contributed by atoms with Crippen molar-refractivity contribution in [1.29, 1.82) is 0 Å². The average molecular weight is 388 g/mol. The maximum Gasteiger partial charge on any atom is 0.249 e. The Balaban J connectivity index is -0.000000267. The first kappa shape index (κ1) is 23.5. The number of anilines is 1. The van der Waals surface area contributed by atoms with Crippen LogP contribution in [0.2, 0.25) is 0 Å². The third kappa shape index (κ3) is 6.97. The number of amides is 2. The van der Waals surface area contributed by atoms with E-state index in [0.717, 1.165) is 0 Å². The van der Waals surface area contributed by atoms with Crippen molar-refractivity contribution in [2.75, 3.05) is 5.32 Å². The van der Waals surface area contributed by atoms with Crippen molar-refractivity contribution in [2.24, 2.45) is 0 Å². The minimum Gasteiger partial charge on any atom is -0.371 e. The van der Waals surface area contributed by atoms with Crippen LogP contribution in [0.25, 0.3) is 0 Å². The Morgan fingerprint density at radius 1 is 1.36 bits per heavy atom. The van der Waals surface area contributed by atoms with Crippen LogP contribution in [0.3, 0.4) is 0 Å². The maximum atomic E-state index is 13.7. The van der Waals surface area contributed by atoms with Crippen molar-refractivity contribution in [1.82, 2.24) is 5.32 Å². The zero-order valence-electron chi connectivity index (χ0n) is 13.7. The number of benzene rings is 1. The van der Waals surface area contributed by atoms with Gasteiger partial charge in [0.25, 0.3) is 0 Å². The number of nitrogens with one attached hydrogen (secondary N) is 2. The molecule has 1 aromatic carbocycles. The maximum absolute atomic E-state index is 13.7. The summed E-state index contributed by atoms with van der Waals surface area (Å²) < 4.78 is 13.7. The standard InChI is InChI=1S/C12H13FN2O2.C3H8.CH3.Y.2H2/c1-7-3-2-4-8(11(7)13)14-9-5-6-10(16)15-12(9)17;1-3-2;;;;/h2-4,9,14H,5-6H2,1H3,(H,15,16,17);3H2,1-2H3;1H3;;2*1H/q;;-1;;;. The fraction of sp³-hybridized carbons (Fsp3) is 0.438. The van der Waals surface area contributed by atoms with Gasteiger partial charge in [0, 0.05) is 42.0 Å². The smallest absolute Gasteiger partial charge is 0.249 e. The second-order valence-corrected chi connectivity index (χ2v) is 4.79. The number of hydrogen-bond donors (Lipinski definition) is 2. The van der Waals surface area contributed by atoms with E-state index in [9.17, 15) is 14.0 Å². The van der Waals surface area contributed by atoms with Gasteiger partial charge < -0.3 is 12.7 Å². The quantitative estimate of drug-likeness (QED) is 0.600.